The molecule has 3 aromatic heterocycles. The lowest BCUT2D eigenvalue weighted by Crippen LogP contribution is -2.13. The van der Waals surface area contributed by atoms with E-state index in [1.807, 2.05) is 6.92 Å². The molecule has 1 aromatic carbocycles. The molecule has 10 heteroatoms. The van der Waals surface area contributed by atoms with E-state index in [4.69, 9.17) is 0 Å². The molecule has 0 aliphatic rings. The molecule has 2 N–H and O–H groups in total. The average Bonchev–Trinajstić information content (AvgIpc) is 3.35. The molecule has 0 aliphatic carbocycles. The van der Waals surface area contributed by atoms with Gasteiger partial charge in [-0.3, -0.25) is 19.8 Å². The lowest BCUT2D eigenvalue weighted by Gasteiger charge is -2.05. The van der Waals surface area contributed by atoms with E-state index in [1.54, 1.807) is 0 Å². The molecule has 0 spiro atoms. The topological polar surface area (TPSA) is 114 Å². The summed E-state index contributed by atoms with van der Waals surface area (Å²) in [4.78, 5) is 22.2. The molecule has 1 amide bonds. The van der Waals surface area contributed by atoms with Crippen molar-refractivity contribution in [3.8, 4) is 17.2 Å². The maximum atomic E-state index is 12.4. The predicted octanol–water partition coefficient (Wildman–Crippen LogP) is 2.69. The third-order valence-electron chi connectivity index (χ3n) is 3.99. The summed E-state index contributed by atoms with van der Waals surface area (Å²) >= 11 is 1.42. The highest BCUT2D eigenvalue weighted by Crippen LogP contribution is 2.32. The molecule has 0 bridgehead atoms. The van der Waals surface area contributed by atoms with Crippen molar-refractivity contribution in [2.24, 2.45) is 0 Å². The van der Waals surface area contributed by atoms with Crippen molar-refractivity contribution in [1.29, 1.82) is 0 Å². The smallest absolute Gasteiger partial charge is 0.294 e. The first-order valence-electron chi connectivity index (χ1n) is 8.15. The lowest BCUT2D eigenvalue weighted by molar-refractivity contribution is 0.101. The number of hydrogen-bond acceptors (Lipinski definition) is 7. The molecule has 27 heavy (non-hydrogen) atoms. The van der Waals surface area contributed by atoms with E-state index in [0.717, 1.165) is 21.7 Å². The van der Waals surface area contributed by atoms with E-state index >= 15 is 0 Å². The van der Waals surface area contributed by atoms with Crippen molar-refractivity contribution < 1.29 is 4.79 Å². The summed E-state index contributed by atoms with van der Waals surface area (Å²) in [6, 6.07) is 6.23. The third kappa shape index (κ3) is 3.34. The van der Waals surface area contributed by atoms with Crippen molar-refractivity contribution in [3.63, 3.8) is 0 Å². The zero-order chi connectivity index (χ0) is 19.0. The number of amides is 1. The van der Waals surface area contributed by atoms with Crippen LogP contribution < -0.4 is 5.32 Å². The fourth-order valence-electron chi connectivity index (χ4n) is 2.71. The maximum Gasteiger partial charge on any atom is 0.294 e. The first-order chi connectivity index (χ1) is 13.0. The Morgan fingerprint density at radius 3 is 2.67 bits per heavy atom. The van der Waals surface area contributed by atoms with Gasteiger partial charge in [0.25, 0.3) is 11.9 Å². The molecule has 0 saturated carbocycles. The Hall–Kier alpha value is -3.40. The number of nitrogens with zero attached hydrogens (tertiary/aromatic N) is 6. The first kappa shape index (κ1) is 17.0. The monoisotopic (exact) mass is 380 g/mol. The number of aromatic amines is 1. The Kier molecular flexibility index (Phi) is 4.24. The van der Waals surface area contributed by atoms with Gasteiger partial charge in [0.1, 0.15) is 12.7 Å². The number of benzene rings is 1. The molecule has 9 nitrogen and oxygen atoms in total. The number of aromatic nitrogens is 7. The summed E-state index contributed by atoms with van der Waals surface area (Å²) in [7, 11) is 0. The van der Waals surface area contributed by atoms with Crippen LogP contribution in [0.2, 0.25) is 0 Å². The van der Waals surface area contributed by atoms with Crippen molar-refractivity contribution in [2.75, 3.05) is 5.32 Å². The molecule has 4 aromatic rings. The van der Waals surface area contributed by atoms with Crippen LogP contribution in [0.4, 0.5) is 5.13 Å². The lowest BCUT2D eigenvalue weighted by atomic mass is 10.0. The van der Waals surface area contributed by atoms with E-state index in [1.165, 1.54) is 34.1 Å². The summed E-state index contributed by atoms with van der Waals surface area (Å²) in [6.45, 7) is 6.10. The van der Waals surface area contributed by atoms with E-state index in [-0.39, 0.29) is 11.8 Å². The number of carbonyl (C=O) groups is 1. The number of thiazole rings is 1. The van der Waals surface area contributed by atoms with E-state index in [9.17, 15) is 4.79 Å². The zero-order valence-corrected chi connectivity index (χ0v) is 15.7. The number of aryl methyl sites for hydroxylation is 3. The number of H-pyrrole nitrogens is 1. The molecular formula is C17H16N8OS. The number of anilines is 1. The van der Waals surface area contributed by atoms with Crippen LogP contribution in [0.25, 0.3) is 17.2 Å². The van der Waals surface area contributed by atoms with Gasteiger partial charge < -0.3 is 0 Å². The molecular weight excluding hydrogens is 364 g/mol. The van der Waals surface area contributed by atoms with Gasteiger partial charge in [-0.15, -0.1) is 26.6 Å². The van der Waals surface area contributed by atoms with Crippen molar-refractivity contribution >= 4 is 22.4 Å². The Labute approximate surface area is 158 Å². The molecule has 0 aliphatic heterocycles. The van der Waals surface area contributed by atoms with Crippen molar-refractivity contribution in [2.45, 2.75) is 20.8 Å². The van der Waals surface area contributed by atoms with Crippen molar-refractivity contribution in [3.05, 3.63) is 52.7 Å². The molecule has 0 unspecified atom stereocenters. The first-order valence-corrected chi connectivity index (χ1v) is 8.96. The van der Waals surface area contributed by atoms with Crippen LogP contribution in [0.1, 0.15) is 26.6 Å². The van der Waals surface area contributed by atoms with Gasteiger partial charge in [-0.25, -0.2) is 4.98 Å². The fourth-order valence-corrected chi connectivity index (χ4v) is 3.53. The molecule has 3 heterocycles. The Morgan fingerprint density at radius 1 is 1.15 bits per heavy atom. The Morgan fingerprint density at radius 2 is 1.93 bits per heavy atom. The van der Waals surface area contributed by atoms with Crippen molar-refractivity contribution in [1.82, 2.24) is 34.9 Å². The molecule has 136 valence electrons. The zero-order valence-electron chi connectivity index (χ0n) is 14.9. The van der Waals surface area contributed by atoms with Gasteiger partial charge in [0.2, 0.25) is 5.82 Å². The number of nitrogens with one attached hydrogen (secondary N) is 2. The van der Waals surface area contributed by atoms with E-state index in [2.05, 4.69) is 67.7 Å². The third-order valence-corrected chi connectivity index (χ3v) is 4.88. The number of rotatable bonds is 4. The standard InChI is InChI=1S/C17H16N8OS/c1-9-4-5-12(10(2)6-9)13-11(3)27-17(20-13)22-15(26)14-21-16(24-23-14)25-7-18-19-8-25/h4-8H,1-3H3,(H,20,22,26)(H,21,23,24). The minimum absolute atomic E-state index is 0.0830. The SMILES string of the molecule is Cc1ccc(-c2nc(NC(=O)c3nc(-n4cnnc4)n[nH]3)sc2C)c(C)c1. The fraction of sp³-hybridized carbons (Fsp3) is 0.176. The largest absolute Gasteiger partial charge is 0.295 e. The molecule has 0 fully saturated rings. The van der Waals surface area contributed by atoms with Gasteiger partial charge in [0.15, 0.2) is 5.13 Å². The highest BCUT2D eigenvalue weighted by Gasteiger charge is 2.17. The summed E-state index contributed by atoms with van der Waals surface area (Å²) < 4.78 is 1.50. The summed E-state index contributed by atoms with van der Waals surface area (Å²) in [6.07, 6.45) is 2.90. The Bertz CT molecular complexity index is 1110. The molecule has 0 atom stereocenters. The van der Waals surface area contributed by atoms with Gasteiger partial charge in [-0.2, -0.15) is 4.98 Å². The van der Waals surface area contributed by atoms with Gasteiger partial charge >= 0.3 is 0 Å². The minimum atomic E-state index is -0.414. The summed E-state index contributed by atoms with van der Waals surface area (Å²) in [5, 5.41) is 17.2. The van der Waals surface area contributed by atoms with Crippen LogP contribution >= 0.6 is 11.3 Å². The van der Waals surface area contributed by atoms with Crippen LogP contribution in [0.3, 0.4) is 0 Å². The van der Waals surface area contributed by atoms with Crippen LogP contribution in [0.15, 0.2) is 30.9 Å². The molecule has 0 saturated heterocycles. The van der Waals surface area contributed by atoms with Crippen LogP contribution in [-0.2, 0) is 0 Å². The summed E-state index contributed by atoms with van der Waals surface area (Å²) in [5.41, 5.74) is 4.28. The van der Waals surface area contributed by atoms with Crippen LogP contribution in [0, 0.1) is 20.8 Å². The average molecular weight is 380 g/mol. The van der Waals surface area contributed by atoms with Gasteiger partial charge in [-0.05, 0) is 26.3 Å². The van der Waals surface area contributed by atoms with E-state index < -0.39 is 5.91 Å². The maximum absolute atomic E-state index is 12.4. The second-order valence-corrected chi connectivity index (χ2v) is 7.25. The highest BCUT2D eigenvalue weighted by atomic mass is 32.1. The van der Waals surface area contributed by atoms with Crippen LogP contribution in [-0.4, -0.2) is 40.8 Å². The van der Waals surface area contributed by atoms with Crippen LogP contribution in [0.5, 0.6) is 0 Å². The van der Waals surface area contributed by atoms with E-state index in [0.29, 0.717) is 5.13 Å². The number of carbonyl (C=O) groups excluding carboxylic acids is 1. The predicted molar refractivity (Wildman–Crippen MR) is 101 cm³/mol. The molecule has 4 rings (SSSR count). The highest BCUT2D eigenvalue weighted by molar-refractivity contribution is 7.16. The number of hydrogen-bond donors (Lipinski definition) is 2. The second kappa shape index (κ2) is 6.72. The van der Waals surface area contributed by atoms with Gasteiger partial charge in [0.05, 0.1) is 5.69 Å². The Balaban J connectivity index is 1.56. The minimum Gasteiger partial charge on any atom is -0.295 e. The van der Waals surface area contributed by atoms with Gasteiger partial charge in [-0.1, -0.05) is 23.8 Å². The normalized spacial score (nSPS) is 10.9. The second-order valence-electron chi connectivity index (χ2n) is 6.05. The molecule has 0 radical (unpaired) electrons. The quantitative estimate of drug-likeness (QED) is 0.563. The summed E-state index contributed by atoms with van der Waals surface area (Å²) in [5.74, 6) is -0.0428. The van der Waals surface area contributed by atoms with Gasteiger partial charge in [0, 0.05) is 10.4 Å².